The molecule has 2 aromatic rings. The molecule has 0 aliphatic carbocycles. The zero-order valence-electron chi connectivity index (χ0n) is 14.0. The highest BCUT2D eigenvalue weighted by Crippen LogP contribution is 2.31. The fourth-order valence-electron chi connectivity index (χ4n) is 3.21. The molecule has 25 heavy (non-hydrogen) atoms. The van der Waals surface area contributed by atoms with Crippen LogP contribution in [0.3, 0.4) is 0 Å². The van der Waals surface area contributed by atoms with Gasteiger partial charge in [-0.3, -0.25) is 9.78 Å². The van der Waals surface area contributed by atoms with Gasteiger partial charge >= 0.3 is 0 Å². The number of likely N-dealkylation sites (tertiary alicyclic amines) is 1. The number of rotatable bonds is 5. The van der Waals surface area contributed by atoms with E-state index in [0.717, 1.165) is 36.4 Å². The number of ether oxygens (including phenoxy) is 2. The van der Waals surface area contributed by atoms with Crippen molar-refractivity contribution in [3.05, 3.63) is 46.2 Å². The number of pyridine rings is 1. The van der Waals surface area contributed by atoms with Crippen molar-refractivity contribution in [2.75, 3.05) is 19.7 Å². The fraction of sp³-hybridized carbons (Fsp3) is 0.500. The number of aromatic nitrogens is 2. The van der Waals surface area contributed by atoms with Gasteiger partial charge in [0.2, 0.25) is 0 Å². The lowest BCUT2D eigenvalue weighted by molar-refractivity contribution is 0.0436. The summed E-state index contributed by atoms with van der Waals surface area (Å²) >= 11 is 1.52. The van der Waals surface area contributed by atoms with E-state index in [1.165, 1.54) is 11.3 Å². The van der Waals surface area contributed by atoms with Crippen LogP contribution in [-0.2, 0) is 16.1 Å². The van der Waals surface area contributed by atoms with Crippen molar-refractivity contribution < 1.29 is 14.3 Å². The molecule has 2 aliphatic heterocycles. The molecule has 2 fully saturated rings. The Bertz CT molecular complexity index is 715. The second kappa shape index (κ2) is 7.59. The predicted molar refractivity (Wildman–Crippen MR) is 93.4 cm³/mol. The highest BCUT2D eigenvalue weighted by Gasteiger charge is 2.30. The molecule has 2 saturated heterocycles. The molecular weight excluding hydrogens is 338 g/mol. The van der Waals surface area contributed by atoms with Crippen molar-refractivity contribution in [1.29, 1.82) is 0 Å². The molecule has 4 heterocycles. The van der Waals surface area contributed by atoms with Crippen LogP contribution in [0.2, 0.25) is 0 Å². The van der Waals surface area contributed by atoms with Crippen LogP contribution in [0.5, 0.6) is 0 Å². The Balaban J connectivity index is 1.31. The van der Waals surface area contributed by atoms with E-state index in [-0.39, 0.29) is 18.1 Å². The maximum atomic E-state index is 12.7. The van der Waals surface area contributed by atoms with E-state index in [2.05, 4.69) is 9.97 Å². The van der Waals surface area contributed by atoms with Crippen molar-refractivity contribution in [2.45, 2.75) is 38.1 Å². The number of nitrogens with zero attached hydrogens (tertiary/aromatic N) is 3. The molecule has 6 nitrogen and oxygen atoms in total. The van der Waals surface area contributed by atoms with Crippen LogP contribution in [0.1, 0.15) is 46.4 Å². The smallest absolute Gasteiger partial charge is 0.273 e. The second-order valence-corrected chi connectivity index (χ2v) is 7.29. The van der Waals surface area contributed by atoms with Crippen LogP contribution in [-0.4, -0.2) is 46.6 Å². The standard InChI is InChI=1S/C18H21N3O3S/c22-18(15-12-25-17(20-15)16-2-1-9-23-16)21-8-5-14(10-21)24-11-13-3-6-19-7-4-13/h3-4,6-7,12,14,16H,1-2,5,8-11H2/t14-,16+/m1/s1. The monoisotopic (exact) mass is 359 g/mol. The summed E-state index contributed by atoms with van der Waals surface area (Å²) in [7, 11) is 0. The molecule has 132 valence electrons. The summed E-state index contributed by atoms with van der Waals surface area (Å²) in [6.07, 6.45) is 6.59. The summed E-state index contributed by atoms with van der Waals surface area (Å²) in [5, 5.41) is 2.77. The van der Waals surface area contributed by atoms with Crippen LogP contribution < -0.4 is 0 Å². The largest absolute Gasteiger partial charge is 0.372 e. The van der Waals surface area contributed by atoms with Gasteiger partial charge in [-0.1, -0.05) is 0 Å². The molecule has 0 unspecified atom stereocenters. The molecule has 0 aromatic carbocycles. The van der Waals surface area contributed by atoms with Gasteiger partial charge in [-0.15, -0.1) is 11.3 Å². The summed E-state index contributed by atoms with van der Waals surface area (Å²) in [5.41, 5.74) is 1.63. The fourth-order valence-corrected chi connectivity index (χ4v) is 4.08. The van der Waals surface area contributed by atoms with Crippen molar-refractivity contribution in [3.8, 4) is 0 Å². The lowest BCUT2D eigenvalue weighted by Crippen LogP contribution is -2.30. The van der Waals surface area contributed by atoms with Crippen molar-refractivity contribution in [2.24, 2.45) is 0 Å². The first-order valence-corrected chi connectivity index (χ1v) is 9.54. The first-order chi connectivity index (χ1) is 12.3. The third-order valence-corrected chi connectivity index (χ3v) is 5.55. The molecule has 2 aromatic heterocycles. The zero-order chi connectivity index (χ0) is 17.1. The Morgan fingerprint density at radius 2 is 2.24 bits per heavy atom. The summed E-state index contributed by atoms with van der Waals surface area (Å²) < 4.78 is 11.6. The summed E-state index contributed by atoms with van der Waals surface area (Å²) in [6.45, 7) is 2.68. The van der Waals surface area contributed by atoms with Crippen molar-refractivity contribution in [1.82, 2.24) is 14.9 Å². The minimum Gasteiger partial charge on any atom is -0.372 e. The molecule has 4 rings (SSSR count). The SMILES string of the molecule is O=C(c1csc([C@@H]2CCCO2)n1)N1CC[C@@H](OCc2ccncc2)C1. The van der Waals surface area contributed by atoms with Gasteiger partial charge in [0.15, 0.2) is 0 Å². The van der Waals surface area contributed by atoms with E-state index in [0.29, 0.717) is 25.4 Å². The topological polar surface area (TPSA) is 64.5 Å². The second-order valence-electron chi connectivity index (χ2n) is 6.40. The molecule has 2 aliphatic rings. The number of carbonyl (C=O) groups excluding carboxylic acids is 1. The maximum Gasteiger partial charge on any atom is 0.273 e. The molecule has 0 saturated carbocycles. The molecule has 0 bridgehead atoms. The van der Waals surface area contributed by atoms with Gasteiger partial charge in [-0.05, 0) is 37.0 Å². The molecular formula is C18H21N3O3S. The first kappa shape index (κ1) is 16.6. The molecule has 0 spiro atoms. The van der Waals surface area contributed by atoms with Crippen LogP contribution >= 0.6 is 11.3 Å². The van der Waals surface area contributed by atoms with Gasteiger partial charge in [-0.25, -0.2) is 4.98 Å². The van der Waals surface area contributed by atoms with E-state index in [1.54, 1.807) is 12.4 Å². The van der Waals surface area contributed by atoms with Gasteiger partial charge < -0.3 is 14.4 Å². The van der Waals surface area contributed by atoms with E-state index >= 15 is 0 Å². The van der Waals surface area contributed by atoms with E-state index < -0.39 is 0 Å². The van der Waals surface area contributed by atoms with Crippen molar-refractivity contribution in [3.63, 3.8) is 0 Å². The van der Waals surface area contributed by atoms with Crippen LogP contribution in [0.25, 0.3) is 0 Å². The average molecular weight is 359 g/mol. The Hall–Kier alpha value is -1.83. The number of hydrogen-bond donors (Lipinski definition) is 0. The lowest BCUT2D eigenvalue weighted by atomic mass is 10.2. The summed E-state index contributed by atoms with van der Waals surface area (Å²) in [6, 6.07) is 3.89. The van der Waals surface area contributed by atoms with Gasteiger partial charge in [0.05, 0.1) is 12.7 Å². The molecule has 0 N–H and O–H groups in total. The van der Waals surface area contributed by atoms with Gasteiger partial charge in [0, 0.05) is 37.5 Å². The van der Waals surface area contributed by atoms with Crippen LogP contribution in [0.15, 0.2) is 29.9 Å². The highest BCUT2D eigenvalue weighted by atomic mass is 32.1. The highest BCUT2D eigenvalue weighted by molar-refractivity contribution is 7.09. The quantitative estimate of drug-likeness (QED) is 0.821. The van der Waals surface area contributed by atoms with Crippen LogP contribution in [0, 0.1) is 0 Å². The normalized spacial score (nSPS) is 23.3. The third kappa shape index (κ3) is 3.89. The number of carbonyl (C=O) groups is 1. The van der Waals surface area contributed by atoms with E-state index in [9.17, 15) is 4.79 Å². The van der Waals surface area contributed by atoms with Gasteiger partial charge in [-0.2, -0.15) is 0 Å². The number of thiazole rings is 1. The molecule has 7 heteroatoms. The number of hydrogen-bond acceptors (Lipinski definition) is 6. The Morgan fingerprint density at radius 1 is 1.36 bits per heavy atom. The van der Waals surface area contributed by atoms with Crippen molar-refractivity contribution >= 4 is 17.2 Å². The minimum atomic E-state index is -0.00416. The van der Waals surface area contributed by atoms with Gasteiger partial charge in [0.25, 0.3) is 5.91 Å². The Kier molecular flexibility index (Phi) is 5.05. The lowest BCUT2D eigenvalue weighted by Gasteiger charge is -2.15. The Labute approximate surface area is 150 Å². The first-order valence-electron chi connectivity index (χ1n) is 8.66. The molecule has 0 radical (unpaired) electrons. The van der Waals surface area contributed by atoms with Gasteiger partial charge in [0.1, 0.15) is 16.8 Å². The van der Waals surface area contributed by atoms with Crippen LogP contribution in [0.4, 0.5) is 0 Å². The predicted octanol–water partition coefficient (Wildman–Crippen LogP) is 2.82. The minimum absolute atomic E-state index is 0.00416. The maximum absolute atomic E-state index is 12.7. The third-order valence-electron chi connectivity index (χ3n) is 4.61. The summed E-state index contributed by atoms with van der Waals surface area (Å²) in [4.78, 5) is 23.0. The van der Waals surface area contributed by atoms with E-state index in [1.807, 2.05) is 22.4 Å². The average Bonchev–Trinajstić information content (AvgIpc) is 3.41. The zero-order valence-corrected chi connectivity index (χ0v) is 14.8. The Morgan fingerprint density at radius 3 is 3.04 bits per heavy atom. The number of amides is 1. The molecule has 1 amide bonds. The molecule has 2 atom stereocenters. The van der Waals surface area contributed by atoms with E-state index in [4.69, 9.17) is 9.47 Å². The summed E-state index contributed by atoms with van der Waals surface area (Å²) in [5.74, 6) is -0.00416.